The van der Waals surface area contributed by atoms with Crippen molar-refractivity contribution < 1.29 is 18.1 Å². The highest BCUT2D eigenvalue weighted by Crippen LogP contribution is 2.29. The Hall–Kier alpha value is -4.88. The first-order chi connectivity index (χ1) is 24.7. The van der Waals surface area contributed by atoms with Gasteiger partial charge < -0.3 is 10.2 Å². The van der Waals surface area contributed by atoms with Crippen molar-refractivity contribution in [1.29, 1.82) is 0 Å². The number of piperazine rings is 1. The summed E-state index contributed by atoms with van der Waals surface area (Å²) in [7, 11) is -4.38. The van der Waals surface area contributed by atoms with Gasteiger partial charge in [0.05, 0.1) is 9.82 Å². The van der Waals surface area contributed by atoms with E-state index < -0.39 is 26.5 Å². The number of carbonyl (C=O) groups is 1. The number of hydrogen-bond donors (Lipinski definition) is 2. The molecule has 1 fully saturated rings. The molecule has 0 saturated carbocycles. The Kier molecular flexibility index (Phi) is 11.6. The second kappa shape index (κ2) is 16.4. The number of halogens is 1. The monoisotopic (exact) mass is 741 g/mol. The lowest BCUT2D eigenvalue weighted by Crippen LogP contribution is -2.46. The molecule has 1 aliphatic heterocycles. The quantitative estimate of drug-likeness (QED) is 0.0545. The Labute approximate surface area is 306 Å². The van der Waals surface area contributed by atoms with Crippen LogP contribution < -0.4 is 14.9 Å². The highest BCUT2D eigenvalue weighted by Gasteiger charge is 2.24. The minimum absolute atomic E-state index is 0.156. The number of sulfonamides is 1. The van der Waals surface area contributed by atoms with Crippen LogP contribution >= 0.6 is 23.4 Å². The fourth-order valence-corrected chi connectivity index (χ4v) is 7.80. The zero-order valence-corrected chi connectivity index (χ0v) is 30.0. The van der Waals surface area contributed by atoms with E-state index in [0.29, 0.717) is 17.3 Å². The van der Waals surface area contributed by atoms with Crippen molar-refractivity contribution in [3.63, 3.8) is 0 Å². The Morgan fingerprint density at radius 3 is 2.24 bits per heavy atom. The van der Waals surface area contributed by atoms with E-state index in [1.807, 2.05) is 60.7 Å². The second-order valence-electron chi connectivity index (χ2n) is 11.9. The van der Waals surface area contributed by atoms with Gasteiger partial charge in [-0.1, -0.05) is 66.2 Å². The number of benzene rings is 5. The smallest absolute Gasteiger partial charge is 0.293 e. The average molecular weight is 742 g/mol. The van der Waals surface area contributed by atoms with E-state index in [0.717, 1.165) is 54.9 Å². The summed E-state index contributed by atoms with van der Waals surface area (Å²) in [5, 5.41) is 15.5. The van der Waals surface area contributed by atoms with Crippen LogP contribution in [0, 0.1) is 10.1 Å². The van der Waals surface area contributed by atoms with Crippen molar-refractivity contribution in [2.24, 2.45) is 0 Å². The molecule has 1 amide bonds. The predicted molar refractivity (Wildman–Crippen MR) is 204 cm³/mol. The van der Waals surface area contributed by atoms with Crippen LogP contribution in [-0.2, 0) is 16.6 Å². The number of nitrogens with one attached hydrogen (secondary N) is 2. The molecule has 5 aromatic rings. The molecule has 1 saturated heterocycles. The van der Waals surface area contributed by atoms with Gasteiger partial charge in [0.15, 0.2) is 0 Å². The van der Waals surface area contributed by atoms with Crippen molar-refractivity contribution in [3.8, 4) is 11.1 Å². The number of hydrogen-bond acceptors (Lipinski definition) is 9. The van der Waals surface area contributed by atoms with E-state index in [-0.39, 0.29) is 16.1 Å². The van der Waals surface area contributed by atoms with Crippen LogP contribution in [0.15, 0.2) is 131 Å². The third-order valence-electron chi connectivity index (χ3n) is 8.57. The van der Waals surface area contributed by atoms with Gasteiger partial charge in [0.2, 0.25) is 0 Å². The van der Waals surface area contributed by atoms with Crippen molar-refractivity contribution >= 4 is 56.4 Å². The summed E-state index contributed by atoms with van der Waals surface area (Å²) in [6.45, 7) is 4.52. The van der Waals surface area contributed by atoms with Crippen molar-refractivity contribution in [1.82, 2.24) is 9.62 Å². The summed E-state index contributed by atoms with van der Waals surface area (Å²) < 4.78 is 28.3. The van der Waals surface area contributed by atoms with E-state index in [2.05, 4.69) is 38.0 Å². The van der Waals surface area contributed by atoms with Crippen LogP contribution in [0.3, 0.4) is 0 Å². The lowest BCUT2D eigenvalue weighted by Gasteiger charge is -2.36. The standard InChI is InChI=1S/C38H36ClN5O5S2/c39-31-14-10-28(11-15-31)35-9-5-4-6-30(35)27-42-21-23-43(24-22-42)32-16-12-29(13-17-32)38(45)41-51(48,49)34-18-19-36(37(26-34)44(46)47)40-20-25-50-33-7-2-1-3-8-33/h1-19,26,40H,20-25,27H2,(H,41,45). The largest absolute Gasteiger partial charge is 0.379 e. The maximum Gasteiger partial charge on any atom is 0.293 e. The molecule has 262 valence electrons. The van der Waals surface area contributed by atoms with Crippen LogP contribution in [0.4, 0.5) is 17.1 Å². The normalized spacial score (nSPS) is 13.5. The first-order valence-electron chi connectivity index (χ1n) is 16.3. The van der Waals surface area contributed by atoms with Crippen molar-refractivity contribution in [2.45, 2.75) is 16.3 Å². The zero-order chi connectivity index (χ0) is 35.8. The lowest BCUT2D eigenvalue weighted by molar-refractivity contribution is -0.384. The van der Waals surface area contributed by atoms with Crippen LogP contribution in [-0.4, -0.2) is 62.6 Å². The Balaban J connectivity index is 1.03. The molecular formula is C38H36ClN5O5S2. The molecule has 6 rings (SSSR count). The van der Waals surface area contributed by atoms with E-state index in [1.165, 1.54) is 23.3 Å². The number of thioether (sulfide) groups is 1. The SMILES string of the molecule is O=C(NS(=O)(=O)c1ccc(NCCSc2ccccc2)c([N+](=O)[O-])c1)c1ccc(N2CCN(Cc3ccccc3-c3ccc(Cl)cc3)CC2)cc1. The number of nitro benzene ring substituents is 1. The molecule has 51 heavy (non-hydrogen) atoms. The predicted octanol–water partition coefficient (Wildman–Crippen LogP) is 7.56. The molecule has 10 nitrogen and oxygen atoms in total. The van der Waals surface area contributed by atoms with Gasteiger partial charge in [0.1, 0.15) is 5.69 Å². The van der Waals surface area contributed by atoms with Crippen molar-refractivity contribution in [2.75, 3.05) is 48.7 Å². The number of carbonyl (C=O) groups excluding carboxylic acids is 1. The molecule has 13 heteroatoms. The summed E-state index contributed by atoms with van der Waals surface area (Å²) in [6.07, 6.45) is 0. The van der Waals surface area contributed by atoms with Gasteiger partial charge in [-0.15, -0.1) is 11.8 Å². The van der Waals surface area contributed by atoms with E-state index in [9.17, 15) is 23.3 Å². The third-order valence-corrected chi connectivity index (χ3v) is 11.2. The molecule has 0 aliphatic carbocycles. The minimum atomic E-state index is -4.38. The molecule has 0 spiro atoms. The summed E-state index contributed by atoms with van der Waals surface area (Å²) >= 11 is 7.69. The topological polar surface area (TPSA) is 125 Å². The maximum atomic E-state index is 13.1. The minimum Gasteiger partial charge on any atom is -0.379 e. The van der Waals surface area contributed by atoms with Gasteiger partial charge in [0.25, 0.3) is 21.6 Å². The highest BCUT2D eigenvalue weighted by molar-refractivity contribution is 7.99. The van der Waals surface area contributed by atoms with Crippen LogP contribution in [0.2, 0.25) is 5.02 Å². The molecule has 0 bridgehead atoms. The summed E-state index contributed by atoms with van der Waals surface area (Å²) in [5.41, 5.74) is 4.43. The zero-order valence-electron chi connectivity index (χ0n) is 27.6. The van der Waals surface area contributed by atoms with Gasteiger partial charge in [-0.2, -0.15) is 0 Å². The molecule has 1 aliphatic rings. The van der Waals surface area contributed by atoms with Gasteiger partial charge in [-0.05, 0) is 77.4 Å². The van der Waals surface area contributed by atoms with E-state index in [1.54, 1.807) is 36.0 Å². The fourth-order valence-electron chi connectivity index (χ4n) is 5.89. The Bertz CT molecular complexity index is 2090. The highest BCUT2D eigenvalue weighted by atomic mass is 35.5. The van der Waals surface area contributed by atoms with E-state index >= 15 is 0 Å². The number of nitrogens with zero attached hydrogens (tertiary/aromatic N) is 3. The van der Waals surface area contributed by atoms with Crippen LogP contribution in [0.1, 0.15) is 15.9 Å². The number of rotatable bonds is 13. The van der Waals surface area contributed by atoms with Gasteiger partial charge in [-0.3, -0.25) is 19.8 Å². The first-order valence-corrected chi connectivity index (χ1v) is 19.2. The summed E-state index contributed by atoms with van der Waals surface area (Å²) in [4.78, 5) is 29.5. The van der Waals surface area contributed by atoms with Gasteiger partial charge in [0, 0.05) is 72.3 Å². The molecule has 0 radical (unpaired) electrons. The van der Waals surface area contributed by atoms with Crippen LogP contribution in [0.25, 0.3) is 11.1 Å². The second-order valence-corrected chi connectivity index (χ2v) is 15.2. The molecular weight excluding hydrogens is 706 g/mol. The van der Waals surface area contributed by atoms with Crippen molar-refractivity contribution in [3.05, 3.63) is 148 Å². The number of nitro groups is 1. The third kappa shape index (κ3) is 9.27. The molecule has 5 aromatic carbocycles. The average Bonchev–Trinajstić information content (AvgIpc) is 3.14. The van der Waals surface area contributed by atoms with E-state index in [4.69, 9.17) is 11.6 Å². The lowest BCUT2D eigenvalue weighted by atomic mass is 9.99. The van der Waals surface area contributed by atoms with Gasteiger partial charge >= 0.3 is 0 Å². The molecule has 0 unspecified atom stereocenters. The number of amides is 1. The molecule has 0 aromatic heterocycles. The molecule has 2 N–H and O–H groups in total. The summed E-state index contributed by atoms with van der Waals surface area (Å²) in [5.74, 6) is -0.179. The Morgan fingerprint density at radius 1 is 0.843 bits per heavy atom. The molecule has 0 atom stereocenters. The summed E-state index contributed by atoms with van der Waals surface area (Å²) in [6, 6.07) is 36.3. The fraction of sp³-hybridized carbons (Fsp3) is 0.184. The Morgan fingerprint density at radius 2 is 1.53 bits per heavy atom. The maximum absolute atomic E-state index is 13.1. The van der Waals surface area contributed by atoms with Crippen LogP contribution in [0.5, 0.6) is 0 Å². The number of anilines is 2. The van der Waals surface area contributed by atoms with Gasteiger partial charge in [-0.25, -0.2) is 13.1 Å². The first kappa shape index (κ1) is 35.9. The molecule has 1 heterocycles.